The molecule has 0 spiro atoms. The predicted octanol–water partition coefficient (Wildman–Crippen LogP) is 4.69. The Hall–Kier alpha value is -1.45. The summed E-state index contributed by atoms with van der Waals surface area (Å²) in [5.74, 6) is 1.49. The molecule has 1 aliphatic rings. The molecule has 2 aromatic rings. The zero-order chi connectivity index (χ0) is 14.7. The van der Waals surface area contributed by atoms with Crippen LogP contribution in [0.1, 0.15) is 23.3 Å². The number of hydrogen-bond acceptors (Lipinski definition) is 3. The third kappa shape index (κ3) is 3.25. The van der Waals surface area contributed by atoms with Gasteiger partial charge in [-0.15, -0.1) is 11.8 Å². The molecule has 0 radical (unpaired) electrons. The van der Waals surface area contributed by atoms with Gasteiger partial charge in [0.15, 0.2) is 6.79 Å². The second kappa shape index (κ2) is 6.54. The van der Waals surface area contributed by atoms with Gasteiger partial charge in [0.25, 0.3) is 0 Å². The van der Waals surface area contributed by atoms with E-state index in [0.29, 0.717) is 18.0 Å². The Kier molecular flexibility index (Phi) is 4.51. The summed E-state index contributed by atoms with van der Waals surface area (Å²) < 4.78 is 10.4. The highest BCUT2D eigenvalue weighted by Crippen LogP contribution is 2.47. The molecule has 0 N–H and O–H groups in total. The summed E-state index contributed by atoms with van der Waals surface area (Å²) in [5, 5.41) is 0.511. The summed E-state index contributed by atoms with van der Waals surface area (Å²) in [4.78, 5) is 1.42. The highest BCUT2D eigenvalue weighted by molar-refractivity contribution is 7.99. The highest BCUT2D eigenvalue weighted by atomic mass is 32.2. The van der Waals surface area contributed by atoms with E-state index in [9.17, 15) is 0 Å². The zero-order valence-corrected chi connectivity index (χ0v) is 13.2. The van der Waals surface area contributed by atoms with Gasteiger partial charge in [0, 0.05) is 17.3 Å². The lowest BCUT2D eigenvalue weighted by Crippen LogP contribution is -2.15. The van der Waals surface area contributed by atoms with E-state index in [2.05, 4.69) is 43.3 Å². The Morgan fingerprint density at radius 3 is 2.62 bits per heavy atom. The molecule has 1 heterocycles. The van der Waals surface area contributed by atoms with Gasteiger partial charge in [-0.1, -0.05) is 37.3 Å². The van der Waals surface area contributed by atoms with Crippen LogP contribution in [-0.4, -0.2) is 13.9 Å². The number of rotatable bonds is 4. The van der Waals surface area contributed by atoms with E-state index in [-0.39, 0.29) is 0 Å². The fourth-order valence-electron chi connectivity index (χ4n) is 2.77. The van der Waals surface area contributed by atoms with Crippen LogP contribution in [0.15, 0.2) is 53.4 Å². The van der Waals surface area contributed by atoms with Gasteiger partial charge in [-0.05, 0) is 41.7 Å². The number of fused-ring (bicyclic) bond motifs is 1. The molecule has 0 aliphatic carbocycles. The van der Waals surface area contributed by atoms with Crippen molar-refractivity contribution in [1.82, 2.24) is 0 Å². The van der Waals surface area contributed by atoms with E-state index in [1.165, 1.54) is 16.0 Å². The van der Waals surface area contributed by atoms with E-state index >= 15 is 0 Å². The molecule has 0 bridgehead atoms. The minimum absolute atomic E-state index is 0.293. The molecule has 21 heavy (non-hydrogen) atoms. The summed E-state index contributed by atoms with van der Waals surface area (Å²) >= 11 is 1.98. The molecular weight excluding hydrogens is 280 g/mol. The van der Waals surface area contributed by atoms with Crippen molar-refractivity contribution in [2.24, 2.45) is 5.92 Å². The van der Waals surface area contributed by atoms with Crippen molar-refractivity contribution in [3.05, 3.63) is 59.7 Å². The molecular formula is C18H20O2S. The van der Waals surface area contributed by atoms with Gasteiger partial charge in [-0.2, -0.15) is 0 Å². The Balaban J connectivity index is 1.77. The normalized spacial score (nSPS) is 20.9. The SMILES string of the molecule is COCOc1ccc(C2Sc3ccccc3CC2C)cc1. The number of methoxy groups -OCH3 is 1. The number of benzene rings is 2. The summed E-state index contributed by atoms with van der Waals surface area (Å²) in [6, 6.07) is 17.1. The number of hydrogen-bond donors (Lipinski definition) is 0. The highest BCUT2D eigenvalue weighted by Gasteiger charge is 2.27. The molecule has 3 rings (SSSR count). The van der Waals surface area contributed by atoms with Crippen molar-refractivity contribution in [2.75, 3.05) is 13.9 Å². The monoisotopic (exact) mass is 300 g/mol. The van der Waals surface area contributed by atoms with Crippen LogP contribution in [0, 0.1) is 5.92 Å². The maximum Gasteiger partial charge on any atom is 0.188 e. The van der Waals surface area contributed by atoms with Gasteiger partial charge >= 0.3 is 0 Å². The van der Waals surface area contributed by atoms with Crippen LogP contribution in [0.25, 0.3) is 0 Å². The number of ether oxygens (including phenoxy) is 2. The lowest BCUT2D eigenvalue weighted by Gasteiger charge is -2.30. The fraction of sp³-hybridized carbons (Fsp3) is 0.333. The van der Waals surface area contributed by atoms with Crippen LogP contribution in [-0.2, 0) is 11.2 Å². The molecule has 2 aromatic carbocycles. The third-order valence-corrected chi connectivity index (χ3v) is 5.48. The molecule has 2 nitrogen and oxygen atoms in total. The van der Waals surface area contributed by atoms with Gasteiger partial charge in [0.1, 0.15) is 5.75 Å². The molecule has 2 atom stereocenters. The zero-order valence-electron chi connectivity index (χ0n) is 12.4. The van der Waals surface area contributed by atoms with Gasteiger partial charge in [-0.25, -0.2) is 0 Å². The van der Waals surface area contributed by atoms with Crippen LogP contribution in [0.4, 0.5) is 0 Å². The summed E-state index contributed by atoms with van der Waals surface area (Å²) in [6.45, 7) is 2.63. The predicted molar refractivity (Wildman–Crippen MR) is 86.9 cm³/mol. The Morgan fingerprint density at radius 1 is 1.10 bits per heavy atom. The van der Waals surface area contributed by atoms with E-state index in [1.54, 1.807) is 7.11 Å². The van der Waals surface area contributed by atoms with Crippen LogP contribution in [0.3, 0.4) is 0 Å². The van der Waals surface area contributed by atoms with E-state index in [0.717, 1.165) is 12.2 Å². The first-order valence-corrected chi connectivity index (χ1v) is 8.12. The van der Waals surface area contributed by atoms with Crippen molar-refractivity contribution in [3.63, 3.8) is 0 Å². The molecule has 1 aliphatic heterocycles. The lowest BCUT2D eigenvalue weighted by molar-refractivity contribution is 0.0511. The van der Waals surface area contributed by atoms with Crippen LogP contribution >= 0.6 is 11.8 Å². The molecule has 0 saturated heterocycles. The van der Waals surface area contributed by atoms with Crippen molar-refractivity contribution < 1.29 is 9.47 Å². The van der Waals surface area contributed by atoms with Crippen LogP contribution in [0.5, 0.6) is 5.75 Å². The molecule has 0 aromatic heterocycles. The van der Waals surface area contributed by atoms with Gasteiger partial charge in [0.2, 0.25) is 0 Å². The minimum atomic E-state index is 0.293. The third-order valence-electron chi connectivity index (χ3n) is 3.84. The molecule has 0 amide bonds. The average Bonchev–Trinajstić information content (AvgIpc) is 2.53. The summed E-state index contributed by atoms with van der Waals surface area (Å²) in [7, 11) is 1.63. The van der Waals surface area contributed by atoms with Crippen molar-refractivity contribution >= 4 is 11.8 Å². The van der Waals surface area contributed by atoms with Crippen molar-refractivity contribution in [1.29, 1.82) is 0 Å². The van der Waals surface area contributed by atoms with Gasteiger partial charge in [0.05, 0.1) is 0 Å². The molecule has 3 heteroatoms. The largest absolute Gasteiger partial charge is 0.468 e. The first-order chi connectivity index (χ1) is 10.3. The second-order valence-corrected chi connectivity index (χ2v) is 6.63. The van der Waals surface area contributed by atoms with Crippen molar-refractivity contribution in [2.45, 2.75) is 23.5 Å². The molecule has 0 saturated carbocycles. The smallest absolute Gasteiger partial charge is 0.188 e. The first kappa shape index (κ1) is 14.5. The lowest BCUT2D eigenvalue weighted by atomic mass is 9.93. The number of thioether (sulfide) groups is 1. The van der Waals surface area contributed by atoms with E-state index < -0.39 is 0 Å². The van der Waals surface area contributed by atoms with Crippen LogP contribution < -0.4 is 4.74 Å². The van der Waals surface area contributed by atoms with E-state index in [1.807, 2.05) is 23.9 Å². The molecule has 2 unspecified atom stereocenters. The molecule has 110 valence electrons. The topological polar surface area (TPSA) is 18.5 Å². The minimum Gasteiger partial charge on any atom is -0.468 e. The Bertz CT molecular complexity index is 594. The first-order valence-electron chi connectivity index (χ1n) is 7.24. The van der Waals surface area contributed by atoms with Gasteiger partial charge in [-0.3, -0.25) is 0 Å². The van der Waals surface area contributed by atoms with Crippen molar-refractivity contribution in [3.8, 4) is 5.75 Å². The average molecular weight is 300 g/mol. The quantitative estimate of drug-likeness (QED) is 0.763. The Labute approximate surface area is 130 Å². The fourth-order valence-corrected chi connectivity index (χ4v) is 4.13. The summed E-state index contributed by atoms with van der Waals surface area (Å²) in [5.41, 5.74) is 2.85. The standard InChI is InChI=1S/C18H20O2S/c1-13-11-15-5-3-4-6-17(15)21-18(13)14-7-9-16(10-8-14)20-12-19-2/h3-10,13,18H,11-12H2,1-2H3. The summed E-state index contributed by atoms with van der Waals surface area (Å²) in [6.07, 6.45) is 1.15. The van der Waals surface area contributed by atoms with Crippen LogP contribution in [0.2, 0.25) is 0 Å². The second-order valence-electron chi connectivity index (χ2n) is 5.45. The van der Waals surface area contributed by atoms with E-state index in [4.69, 9.17) is 9.47 Å². The maximum atomic E-state index is 5.45. The maximum absolute atomic E-state index is 5.45. The molecule has 0 fully saturated rings. The van der Waals surface area contributed by atoms with Gasteiger partial charge < -0.3 is 9.47 Å². The Morgan fingerprint density at radius 2 is 1.86 bits per heavy atom.